The topological polar surface area (TPSA) is 88.1 Å². The second kappa shape index (κ2) is 7.96. The first kappa shape index (κ1) is 15.7. The zero-order chi connectivity index (χ0) is 14.3. The van der Waals surface area contributed by atoms with Gasteiger partial charge in [-0.1, -0.05) is 0 Å². The van der Waals surface area contributed by atoms with Crippen LogP contribution < -0.4 is 5.32 Å². The number of likely N-dealkylation sites (tertiary alicyclic amines) is 1. The molecule has 0 aromatic carbocycles. The monoisotopic (exact) mass is 274 g/mol. The highest BCUT2D eigenvalue weighted by atomic mass is 16.5. The number of nitrogens with one attached hydrogen (secondary N) is 1. The van der Waals surface area contributed by atoms with Gasteiger partial charge in [0.15, 0.2) is 6.04 Å². The molecule has 7 heteroatoms. The Hall–Kier alpha value is -1.34. The summed E-state index contributed by atoms with van der Waals surface area (Å²) in [6.45, 7) is 3.59. The average Bonchev–Trinajstić information content (AvgIpc) is 2.38. The number of methoxy groups -OCH3 is 1. The predicted molar refractivity (Wildman–Crippen MR) is 68.1 cm³/mol. The van der Waals surface area contributed by atoms with Gasteiger partial charge in [0.25, 0.3) is 0 Å². The van der Waals surface area contributed by atoms with Crippen LogP contribution in [0.5, 0.6) is 0 Å². The molecule has 0 radical (unpaired) electrons. The predicted octanol–water partition coefficient (Wildman–Crippen LogP) is 0.297. The summed E-state index contributed by atoms with van der Waals surface area (Å²) in [5, 5.41) is 11.4. The van der Waals surface area contributed by atoms with Crippen molar-refractivity contribution >= 4 is 12.0 Å². The second-order valence-corrected chi connectivity index (χ2v) is 4.46. The van der Waals surface area contributed by atoms with E-state index < -0.39 is 12.0 Å². The van der Waals surface area contributed by atoms with Crippen LogP contribution in [0.3, 0.4) is 0 Å². The van der Waals surface area contributed by atoms with E-state index in [2.05, 4.69) is 5.32 Å². The summed E-state index contributed by atoms with van der Waals surface area (Å²) in [4.78, 5) is 24.5. The first-order chi connectivity index (χ1) is 9.08. The zero-order valence-electron chi connectivity index (χ0n) is 11.4. The summed E-state index contributed by atoms with van der Waals surface area (Å²) < 4.78 is 10.3. The number of piperidine rings is 1. The van der Waals surface area contributed by atoms with Crippen LogP contribution >= 0.6 is 0 Å². The quantitative estimate of drug-likeness (QED) is 0.727. The highest BCUT2D eigenvalue weighted by Gasteiger charge is 2.27. The number of carboxylic acid groups (broad SMARTS) is 1. The molecule has 0 saturated carbocycles. The van der Waals surface area contributed by atoms with E-state index in [1.165, 1.54) is 7.11 Å². The van der Waals surface area contributed by atoms with Gasteiger partial charge in [-0.25, -0.2) is 9.59 Å². The number of hydrogen-bond acceptors (Lipinski definition) is 4. The largest absolute Gasteiger partial charge is 0.480 e. The van der Waals surface area contributed by atoms with Crippen molar-refractivity contribution in [2.45, 2.75) is 31.9 Å². The molecule has 1 saturated heterocycles. The summed E-state index contributed by atoms with van der Waals surface area (Å²) in [5.41, 5.74) is 0. The molecule has 1 aliphatic heterocycles. The van der Waals surface area contributed by atoms with Crippen LogP contribution in [0.15, 0.2) is 0 Å². The number of nitrogens with zero attached hydrogens (tertiary/aromatic N) is 1. The van der Waals surface area contributed by atoms with Crippen molar-refractivity contribution in [2.24, 2.45) is 0 Å². The Morgan fingerprint density at radius 2 is 2.26 bits per heavy atom. The molecule has 0 spiro atoms. The minimum atomic E-state index is -1.10. The summed E-state index contributed by atoms with van der Waals surface area (Å²) in [6, 6.07) is -1.40. The molecule has 0 aromatic rings. The van der Waals surface area contributed by atoms with Crippen molar-refractivity contribution < 1.29 is 24.2 Å². The van der Waals surface area contributed by atoms with Gasteiger partial charge < -0.3 is 24.8 Å². The van der Waals surface area contributed by atoms with Crippen molar-refractivity contribution in [3.63, 3.8) is 0 Å². The first-order valence-electron chi connectivity index (χ1n) is 6.47. The van der Waals surface area contributed by atoms with Crippen LogP contribution in [0.25, 0.3) is 0 Å². The lowest BCUT2D eigenvalue weighted by molar-refractivity contribution is -0.140. The van der Waals surface area contributed by atoms with Crippen molar-refractivity contribution in [1.29, 1.82) is 0 Å². The van der Waals surface area contributed by atoms with E-state index in [-0.39, 0.29) is 18.7 Å². The van der Waals surface area contributed by atoms with E-state index in [0.29, 0.717) is 19.7 Å². The molecule has 0 bridgehead atoms. The highest BCUT2D eigenvalue weighted by Crippen LogP contribution is 2.13. The van der Waals surface area contributed by atoms with Crippen LogP contribution in [0.4, 0.5) is 4.79 Å². The molecule has 110 valence electrons. The highest BCUT2D eigenvalue weighted by molar-refractivity contribution is 5.82. The fourth-order valence-electron chi connectivity index (χ4n) is 2.08. The molecule has 0 aromatic heterocycles. The number of carbonyl (C=O) groups excluding carboxylic acids is 1. The Labute approximate surface area is 112 Å². The smallest absolute Gasteiger partial charge is 0.328 e. The average molecular weight is 274 g/mol. The summed E-state index contributed by atoms with van der Waals surface area (Å²) in [5.74, 6) is -1.10. The maximum atomic E-state index is 12.0. The van der Waals surface area contributed by atoms with Crippen LogP contribution in [-0.4, -0.2) is 67.6 Å². The van der Waals surface area contributed by atoms with Gasteiger partial charge in [0.05, 0.1) is 12.7 Å². The minimum absolute atomic E-state index is 0.0372. The molecule has 2 atom stereocenters. The molecule has 7 nitrogen and oxygen atoms in total. The molecule has 0 aliphatic carbocycles. The van der Waals surface area contributed by atoms with Gasteiger partial charge in [0, 0.05) is 26.8 Å². The fourth-order valence-corrected chi connectivity index (χ4v) is 2.08. The van der Waals surface area contributed by atoms with E-state index in [1.807, 2.05) is 6.92 Å². The number of hydrogen-bond donors (Lipinski definition) is 2. The van der Waals surface area contributed by atoms with Gasteiger partial charge in [0.2, 0.25) is 0 Å². The van der Waals surface area contributed by atoms with E-state index in [1.54, 1.807) is 4.90 Å². The Kier molecular flexibility index (Phi) is 6.58. The first-order valence-corrected chi connectivity index (χ1v) is 6.47. The lowest BCUT2D eigenvalue weighted by atomic mass is 10.1. The SMILES string of the molecule is CCOC1CCCN(C(=O)NC(COC)C(=O)O)C1. The van der Waals surface area contributed by atoms with Gasteiger partial charge in [-0.05, 0) is 19.8 Å². The Morgan fingerprint density at radius 1 is 1.53 bits per heavy atom. The third kappa shape index (κ3) is 5.04. The third-order valence-electron chi connectivity index (χ3n) is 3.00. The molecule has 2 N–H and O–H groups in total. The molecule has 1 rings (SSSR count). The van der Waals surface area contributed by atoms with Crippen LogP contribution in [0.2, 0.25) is 0 Å². The number of carbonyl (C=O) groups is 2. The molecule has 1 aliphatic rings. The van der Waals surface area contributed by atoms with E-state index in [0.717, 1.165) is 12.8 Å². The van der Waals surface area contributed by atoms with Gasteiger partial charge in [-0.2, -0.15) is 0 Å². The molecule has 1 heterocycles. The van der Waals surface area contributed by atoms with E-state index in [9.17, 15) is 9.59 Å². The van der Waals surface area contributed by atoms with E-state index in [4.69, 9.17) is 14.6 Å². The number of ether oxygens (including phenoxy) is 2. The number of carboxylic acids is 1. The second-order valence-electron chi connectivity index (χ2n) is 4.46. The molecule has 2 amide bonds. The Bertz CT molecular complexity index is 308. The molecule has 1 fully saturated rings. The summed E-state index contributed by atoms with van der Waals surface area (Å²) in [6.07, 6.45) is 1.83. The number of aliphatic carboxylic acids is 1. The lowest BCUT2D eigenvalue weighted by Gasteiger charge is -2.33. The Morgan fingerprint density at radius 3 is 2.84 bits per heavy atom. The molecular weight excluding hydrogens is 252 g/mol. The zero-order valence-corrected chi connectivity index (χ0v) is 11.4. The van der Waals surface area contributed by atoms with Crippen molar-refractivity contribution in [1.82, 2.24) is 10.2 Å². The van der Waals surface area contributed by atoms with Gasteiger partial charge in [-0.3, -0.25) is 0 Å². The van der Waals surface area contributed by atoms with Crippen LogP contribution in [0, 0.1) is 0 Å². The lowest BCUT2D eigenvalue weighted by Crippen LogP contribution is -2.53. The number of rotatable bonds is 6. The molecule has 2 unspecified atom stereocenters. The maximum Gasteiger partial charge on any atom is 0.328 e. The summed E-state index contributed by atoms with van der Waals surface area (Å²) >= 11 is 0. The van der Waals surface area contributed by atoms with Gasteiger partial charge in [0.1, 0.15) is 0 Å². The van der Waals surface area contributed by atoms with Crippen LogP contribution in [-0.2, 0) is 14.3 Å². The molecular formula is C12H22N2O5. The summed E-state index contributed by atoms with van der Waals surface area (Å²) in [7, 11) is 1.40. The maximum absolute atomic E-state index is 12.0. The fraction of sp³-hybridized carbons (Fsp3) is 0.833. The van der Waals surface area contributed by atoms with E-state index >= 15 is 0 Å². The minimum Gasteiger partial charge on any atom is -0.480 e. The molecule has 19 heavy (non-hydrogen) atoms. The van der Waals surface area contributed by atoms with Gasteiger partial charge in [-0.15, -0.1) is 0 Å². The standard InChI is InChI=1S/C12H22N2O5/c1-3-19-9-5-4-6-14(7-9)12(17)13-10(8-18-2)11(15)16/h9-10H,3-8H2,1-2H3,(H,13,17)(H,15,16). The van der Waals surface area contributed by atoms with Crippen molar-refractivity contribution in [2.75, 3.05) is 33.4 Å². The Balaban J connectivity index is 2.49. The van der Waals surface area contributed by atoms with Crippen molar-refractivity contribution in [3.05, 3.63) is 0 Å². The normalized spacial score (nSPS) is 20.9. The third-order valence-corrected chi connectivity index (χ3v) is 3.00. The van der Waals surface area contributed by atoms with Gasteiger partial charge >= 0.3 is 12.0 Å². The van der Waals surface area contributed by atoms with Crippen LogP contribution in [0.1, 0.15) is 19.8 Å². The van der Waals surface area contributed by atoms with Crippen molar-refractivity contribution in [3.8, 4) is 0 Å². The number of urea groups is 1. The number of amides is 2.